The van der Waals surface area contributed by atoms with E-state index in [1.807, 2.05) is 26.8 Å². The maximum Gasteiger partial charge on any atom is 0.333 e. The van der Waals surface area contributed by atoms with Crippen LogP contribution in [0, 0.1) is 34.0 Å². The molecular weight excluding hydrogens is 512 g/mol. The standard InChI is InChI=1S/C32H38O8/c1-8-17(2)29(36)40-28-20-13-19-21(32(6,26(20)35)23(30(28,3)4)15-24(33)37-7)9-11-31(5)22(19)14-25(34)39-27(31)18-10-12-38-16-18/h8,10,12-14,16,20-21,23,27-28H,9,11,15H2,1-7H3/b17-8+/t20-,21-,23-,27-,28+,31+,32+/m0/s1. The zero-order valence-electron chi connectivity index (χ0n) is 24.2. The monoisotopic (exact) mass is 550 g/mol. The van der Waals surface area contributed by atoms with Crippen LogP contribution >= 0.6 is 0 Å². The summed E-state index contributed by atoms with van der Waals surface area (Å²) in [6.07, 6.45) is 8.30. The zero-order chi connectivity index (χ0) is 29.2. The molecule has 1 aliphatic heterocycles. The predicted molar refractivity (Wildman–Crippen MR) is 144 cm³/mol. The first-order chi connectivity index (χ1) is 18.8. The Kier molecular flexibility index (Phi) is 6.75. The molecule has 0 spiro atoms. The highest BCUT2D eigenvalue weighted by molar-refractivity contribution is 5.95. The topological polar surface area (TPSA) is 109 Å². The number of allylic oxidation sites excluding steroid dienone is 2. The molecule has 0 N–H and O–H groups in total. The molecule has 1 aromatic heterocycles. The highest BCUT2D eigenvalue weighted by Gasteiger charge is 2.68. The Hall–Kier alpha value is -3.42. The average molecular weight is 551 g/mol. The van der Waals surface area contributed by atoms with Gasteiger partial charge in [-0.05, 0) is 55.7 Å². The predicted octanol–water partition coefficient (Wildman–Crippen LogP) is 5.45. The summed E-state index contributed by atoms with van der Waals surface area (Å²) in [6.45, 7) is 11.4. The van der Waals surface area contributed by atoms with Gasteiger partial charge in [0.2, 0.25) is 0 Å². The number of hydrogen-bond donors (Lipinski definition) is 0. The van der Waals surface area contributed by atoms with Crippen molar-refractivity contribution in [3.8, 4) is 0 Å². The number of Topliss-reactive ketones (excluding diaryl/α,β-unsaturated/α-hetero) is 1. The van der Waals surface area contributed by atoms with Crippen LogP contribution in [-0.4, -0.2) is 36.9 Å². The second-order valence-corrected chi connectivity index (χ2v) is 12.7. The molecule has 5 rings (SSSR count). The van der Waals surface area contributed by atoms with Gasteiger partial charge >= 0.3 is 17.9 Å². The van der Waals surface area contributed by atoms with E-state index in [9.17, 15) is 19.2 Å². The third-order valence-corrected chi connectivity index (χ3v) is 10.4. The van der Waals surface area contributed by atoms with E-state index in [-0.39, 0.29) is 18.1 Å². The van der Waals surface area contributed by atoms with E-state index in [4.69, 9.17) is 18.6 Å². The normalized spacial score (nSPS) is 36.4. The molecule has 0 aromatic carbocycles. The molecule has 7 atom stereocenters. The van der Waals surface area contributed by atoms with E-state index in [1.54, 1.807) is 44.6 Å². The van der Waals surface area contributed by atoms with Crippen LogP contribution in [-0.2, 0) is 33.4 Å². The molecule has 40 heavy (non-hydrogen) atoms. The van der Waals surface area contributed by atoms with Gasteiger partial charge in [-0.1, -0.05) is 39.8 Å². The summed E-state index contributed by atoms with van der Waals surface area (Å²) < 4.78 is 22.4. The summed E-state index contributed by atoms with van der Waals surface area (Å²) in [7, 11) is 1.34. The number of hydrogen-bond acceptors (Lipinski definition) is 8. The molecule has 3 aliphatic carbocycles. The summed E-state index contributed by atoms with van der Waals surface area (Å²) in [4.78, 5) is 53.2. The van der Waals surface area contributed by atoms with Gasteiger partial charge in [0, 0.05) is 39.9 Å². The molecule has 0 saturated heterocycles. The average Bonchev–Trinajstić information content (AvgIpc) is 3.45. The van der Waals surface area contributed by atoms with Gasteiger partial charge in [0.1, 0.15) is 18.0 Å². The maximum absolute atomic E-state index is 14.4. The zero-order valence-corrected chi connectivity index (χ0v) is 24.2. The molecule has 2 fully saturated rings. The Balaban J connectivity index is 1.69. The molecule has 0 unspecified atom stereocenters. The molecular formula is C32H38O8. The molecule has 8 nitrogen and oxygen atoms in total. The van der Waals surface area contributed by atoms with Crippen LogP contribution in [0.25, 0.3) is 0 Å². The van der Waals surface area contributed by atoms with Crippen LogP contribution in [0.15, 0.2) is 58.0 Å². The van der Waals surface area contributed by atoms with Gasteiger partial charge < -0.3 is 18.6 Å². The highest BCUT2D eigenvalue weighted by Crippen LogP contribution is 2.67. The van der Waals surface area contributed by atoms with Crippen LogP contribution in [0.4, 0.5) is 0 Å². The van der Waals surface area contributed by atoms with Crippen molar-refractivity contribution >= 4 is 23.7 Å². The van der Waals surface area contributed by atoms with Gasteiger partial charge in [-0.25, -0.2) is 9.59 Å². The number of esters is 3. The van der Waals surface area contributed by atoms with E-state index in [2.05, 4.69) is 6.92 Å². The lowest BCUT2D eigenvalue weighted by Crippen LogP contribution is -2.66. The van der Waals surface area contributed by atoms with Crippen LogP contribution in [0.5, 0.6) is 0 Å². The summed E-state index contributed by atoms with van der Waals surface area (Å²) >= 11 is 0. The minimum Gasteiger partial charge on any atom is -0.472 e. The third kappa shape index (κ3) is 3.93. The lowest BCUT2D eigenvalue weighted by Gasteiger charge is -2.62. The lowest BCUT2D eigenvalue weighted by molar-refractivity contribution is -0.189. The number of methoxy groups -OCH3 is 1. The van der Waals surface area contributed by atoms with Gasteiger partial charge in [-0.2, -0.15) is 0 Å². The van der Waals surface area contributed by atoms with E-state index in [1.165, 1.54) is 7.11 Å². The van der Waals surface area contributed by atoms with Crippen LogP contribution < -0.4 is 0 Å². The van der Waals surface area contributed by atoms with E-state index >= 15 is 0 Å². The maximum atomic E-state index is 14.4. The molecule has 8 heteroatoms. The van der Waals surface area contributed by atoms with Crippen LogP contribution in [0.1, 0.15) is 72.5 Å². The highest BCUT2D eigenvalue weighted by atomic mass is 16.6. The summed E-state index contributed by atoms with van der Waals surface area (Å²) in [5, 5.41) is 0. The minimum atomic E-state index is -0.945. The Morgan fingerprint density at radius 2 is 1.90 bits per heavy atom. The van der Waals surface area contributed by atoms with Crippen LogP contribution in [0.3, 0.4) is 0 Å². The van der Waals surface area contributed by atoms with Gasteiger partial charge in [-0.3, -0.25) is 9.59 Å². The number of carbonyl (C=O) groups excluding carboxylic acids is 4. The van der Waals surface area contributed by atoms with Crippen molar-refractivity contribution in [3.63, 3.8) is 0 Å². The lowest BCUT2D eigenvalue weighted by atomic mass is 9.41. The quantitative estimate of drug-likeness (QED) is 0.271. The Labute approximate surface area is 234 Å². The SMILES string of the molecule is C/C=C(\C)C(=O)O[C@@H]1[C@H]2C=C3C4=CC(=O)O[C@@H](c5ccoc5)[C@]4(C)CC[C@@H]3[C@@](C)(C2=O)[C@@H](CC(=O)OC)C1(C)C. The number of ether oxygens (including phenoxy) is 3. The number of fused-ring (bicyclic) bond motifs is 6. The second-order valence-electron chi connectivity index (χ2n) is 12.7. The van der Waals surface area contributed by atoms with Crippen molar-refractivity contribution in [2.24, 2.45) is 34.0 Å². The van der Waals surface area contributed by atoms with Gasteiger partial charge in [-0.15, -0.1) is 0 Å². The first-order valence-electron chi connectivity index (χ1n) is 13.9. The smallest absolute Gasteiger partial charge is 0.333 e. The number of ketones is 1. The van der Waals surface area contributed by atoms with E-state index < -0.39 is 58.2 Å². The molecule has 0 radical (unpaired) electrons. The summed E-state index contributed by atoms with van der Waals surface area (Å²) in [5.74, 6) is -2.85. The van der Waals surface area contributed by atoms with Crippen molar-refractivity contribution in [2.75, 3.05) is 7.11 Å². The van der Waals surface area contributed by atoms with Crippen molar-refractivity contribution in [1.29, 1.82) is 0 Å². The Bertz CT molecular complexity index is 1340. The fraction of sp³-hybridized carbons (Fsp3) is 0.562. The Morgan fingerprint density at radius 3 is 2.52 bits per heavy atom. The van der Waals surface area contributed by atoms with Crippen molar-refractivity contribution < 1.29 is 37.8 Å². The molecule has 2 saturated carbocycles. The number of carbonyl (C=O) groups is 4. The first-order valence-corrected chi connectivity index (χ1v) is 13.9. The molecule has 2 heterocycles. The molecule has 214 valence electrons. The third-order valence-electron chi connectivity index (χ3n) is 10.4. The van der Waals surface area contributed by atoms with Crippen molar-refractivity contribution in [1.82, 2.24) is 0 Å². The fourth-order valence-electron chi connectivity index (χ4n) is 8.01. The number of rotatable bonds is 5. The van der Waals surface area contributed by atoms with Gasteiger partial charge in [0.25, 0.3) is 0 Å². The largest absolute Gasteiger partial charge is 0.472 e. The van der Waals surface area contributed by atoms with Crippen molar-refractivity contribution in [2.45, 2.75) is 73.0 Å². The molecule has 1 aromatic rings. The molecule has 0 amide bonds. The fourth-order valence-corrected chi connectivity index (χ4v) is 8.01. The number of furan rings is 1. The van der Waals surface area contributed by atoms with E-state index in [0.29, 0.717) is 18.4 Å². The molecule has 4 aliphatic rings. The molecule has 2 bridgehead atoms. The Morgan fingerprint density at radius 1 is 1.18 bits per heavy atom. The van der Waals surface area contributed by atoms with E-state index in [0.717, 1.165) is 16.7 Å². The summed E-state index contributed by atoms with van der Waals surface area (Å²) in [5.41, 5.74) is 0.728. The second kappa shape index (κ2) is 9.60. The van der Waals surface area contributed by atoms with Gasteiger partial charge in [0.15, 0.2) is 0 Å². The summed E-state index contributed by atoms with van der Waals surface area (Å²) in [6, 6.07) is 1.81. The van der Waals surface area contributed by atoms with Gasteiger partial charge in [0.05, 0.1) is 25.6 Å². The first kappa shape index (κ1) is 28.1. The van der Waals surface area contributed by atoms with Crippen LogP contribution in [0.2, 0.25) is 0 Å². The van der Waals surface area contributed by atoms with Crippen molar-refractivity contribution in [3.05, 3.63) is 59.1 Å². The number of cyclic esters (lactones) is 1. The minimum absolute atomic E-state index is 0.00882.